The van der Waals surface area contributed by atoms with E-state index in [-0.39, 0.29) is 6.04 Å². The molecule has 2 N–H and O–H groups in total. The molecular weight excluding hydrogens is 222 g/mol. The highest BCUT2D eigenvalue weighted by molar-refractivity contribution is 5.24. The average molecular weight is 243 g/mol. The van der Waals surface area contributed by atoms with Gasteiger partial charge in [-0.15, -0.1) is 0 Å². The Bertz CT molecular complexity index is 511. The predicted molar refractivity (Wildman–Crippen MR) is 74.4 cm³/mol. The number of benzene rings is 1. The van der Waals surface area contributed by atoms with Crippen molar-refractivity contribution in [2.75, 3.05) is 0 Å². The van der Waals surface area contributed by atoms with Gasteiger partial charge in [0.2, 0.25) is 0 Å². The smallest absolute Gasteiger partial charge is 0.0605 e. The van der Waals surface area contributed by atoms with Crippen LogP contribution in [0.15, 0.2) is 30.3 Å². The highest BCUT2D eigenvalue weighted by Crippen LogP contribution is 2.15. The molecule has 0 spiro atoms. The molecule has 0 saturated carbocycles. The highest BCUT2D eigenvalue weighted by Gasteiger charge is 2.09. The number of hydrogen-bond donors (Lipinski definition) is 1. The second-order valence-electron chi connectivity index (χ2n) is 4.81. The molecule has 1 aromatic heterocycles. The summed E-state index contributed by atoms with van der Waals surface area (Å²) in [5, 5.41) is 4.45. The normalized spacial score (nSPS) is 12.7. The van der Waals surface area contributed by atoms with E-state index in [9.17, 15) is 0 Å². The summed E-state index contributed by atoms with van der Waals surface area (Å²) >= 11 is 0. The van der Waals surface area contributed by atoms with Gasteiger partial charge in [-0.05, 0) is 37.5 Å². The maximum absolute atomic E-state index is 6.24. The lowest BCUT2D eigenvalue weighted by Gasteiger charge is -2.14. The van der Waals surface area contributed by atoms with E-state index in [2.05, 4.69) is 49.3 Å². The third kappa shape index (κ3) is 2.79. The Labute approximate surface area is 109 Å². The first-order valence-electron chi connectivity index (χ1n) is 6.45. The van der Waals surface area contributed by atoms with Crippen molar-refractivity contribution in [3.05, 3.63) is 52.8 Å². The molecule has 1 unspecified atom stereocenters. The average Bonchev–Trinajstić information content (AvgIpc) is 2.68. The molecule has 0 radical (unpaired) electrons. The van der Waals surface area contributed by atoms with Crippen LogP contribution in [0.5, 0.6) is 0 Å². The van der Waals surface area contributed by atoms with Gasteiger partial charge in [0.25, 0.3) is 0 Å². The SMILES string of the molecule is CCc1ccc(C(N)Cn2nc(C)cc2C)cc1. The fourth-order valence-electron chi connectivity index (χ4n) is 2.15. The molecule has 0 bridgehead atoms. The monoisotopic (exact) mass is 243 g/mol. The molecule has 0 saturated heterocycles. The molecular formula is C15H21N3. The van der Waals surface area contributed by atoms with Crippen molar-refractivity contribution in [1.29, 1.82) is 0 Å². The zero-order valence-corrected chi connectivity index (χ0v) is 11.4. The Hall–Kier alpha value is -1.61. The van der Waals surface area contributed by atoms with E-state index in [1.54, 1.807) is 0 Å². The summed E-state index contributed by atoms with van der Waals surface area (Å²) < 4.78 is 1.98. The third-order valence-corrected chi connectivity index (χ3v) is 3.29. The Balaban J connectivity index is 2.11. The molecule has 1 atom stereocenters. The zero-order chi connectivity index (χ0) is 13.1. The minimum absolute atomic E-state index is 0.00564. The van der Waals surface area contributed by atoms with Gasteiger partial charge in [-0.1, -0.05) is 31.2 Å². The van der Waals surface area contributed by atoms with Crippen molar-refractivity contribution in [2.45, 2.75) is 39.8 Å². The van der Waals surface area contributed by atoms with Crippen LogP contribution in [-0.4, -0.2) is 9.78 Å². The van der Waals surface area contributed by atoms with Crippen molar-refractivity contribution in [3.8, 4) is 0 Å². The van der Waals surface area contributed by atoms with Crippen LogP contribution < -0.4 is 5.73 Å². The van der Waals surface area contributed by atoms with Crippen LogP contribution in [-0.2, 0) is 13.0 Å². The van der Waals surface area contributed by atoms with Gasteiger partial charge in [0.15, 0.2) is 0 Å². The third-order valence-electron chi connectivity index (χ3n) is 3.29. The number of aryl methyl sites for hydroxylation is 3. The highest BCUT2D eigenvalue weighted by atomic mass is 15.3. The Kier molecular flexibility index (Phi) is 3.82. The molecule has 0 amide bonds. The molecule has 3 nitrogen and oxygen atoms in total. The molecule has 96 valence electrons. The van der Waals surface area contributed by atoms with Crippen molar-refractivity contribution < 1.29 is 0 Å². The fraction of sp³-hybridized carbons (Fsp3) is 0.400. The van der Waals surface area contributed by atoms with Crippen molar-refractivity contribution in [1.82, 2.24) is 9.78 Å². The van der Waals surface area contributed by atoms with Gasteiger partial charge in [0.05, 0.1) is 12.2 Å². The quantitative estimate of drug-likeness (QED) is 0.897. The van der Waals surface area contributed by atoms with E-state index in [1.807, 2.05) is 11.6 Å². The lowest BCUT2D eigenvalue weighted by molar-refractivity contribution is 0.515. The fourth-order valence-corrected chi connectivity index (χ4v) is 2.15. The summed E-state index contributed by atoms with van der Waals surface area (Å²) in [7, 11) is 0. The van der Waals surface area contributed by atoms with E-state index in [4.69, 9.17) is 5.73 Å². The topological polar surface area (TPSA) is 43.8 Å². The molecule has 0 aliphatic heterocycles. The molecule has 3 heteroatoms. The molecule has 0 aliphatic carbocycles. The van der Waals surface area contributed by atoms with Gasteiger partial charge in [-0.3, -0.25) is 4.68 Å². The Morgan fingerprint density at radius 1 is 1.22 bits per heavy atom. The number of rotatable bonds is 4. The van der Waals surface area contributed by atoms with Gasteiger partial charge in [0.1, 0.15) is 0 Å². The maximum atomic E-state index is 6.24. The Morgan fingerprint density at radius 3 is 2.39 bits per heavy atom. The molecule has 0 fully saturated rings. The van der Waals surface area contributed by atoms with E-state index < -0.39 is 0 Å². The van der Waals surface area contributed by atoms with Gasteiger partial charge < -0.3 is 5.73 Å². The number of nitrogens with two attached hydrogens (primary N) is 1. The van der Waals surface area contributed by atoms with Crippen molar-refractivity contribution >= 4 is 0 Å². The van der Waals surface area contributed by atoms with Gasteiger partial charge in [0, 0.05) is 11.7 Å². The molecule has 2 rings (SSSR count). The summed E-state index contributed by atoms with van der Waals surface area (Å²) in [5.74, 6) is 0. The molecule has 18 heavy (non-hydrogen) atoms. The molecule has 1 aromatic carbocycles. The van der Waals surface area contributed by atoms with E-state index in [0.29, 0.717) is 0 Å². The second-order valence-corrected chi connectivity index (χ2v) is 4.81. The van der Waals surface area contributed by atoms with E-state index in [1.165, 1.54) is 11.1 Å². The van der Waals surface area contributed by atoms with Gasteiger partial charge in [-0.25, -0.2) is 0 Å². The van der Waals surface area contributed by atoms with Crippen molar-refractivity contribution in [3.63, 3.8) is 0 Å². The lowest BCUT2D eigenvalue weighted by Crippen LogP contribution is -2.19. The first kappa shape index (κ1) is 12.8. The van der Waals surface area contributed by atoms with Gasteiger partial charge >= 0.3 is 0 Å². The van der Waals surface area contributed by atoms with Crippen LogP contribution in [0.1, 0.15) is 35.5 Å². The lowest BCUT2D eigenvalue weighted by atomic mass is 10.0. The largest absolute Gasteiger partial charge is 0.322 e. The first-order chi connectivity index (χ1) is 8.60. The number of aromatic nitrogens is 2. The van der Waals surface area contributed by atoms with Crippen LogP contribution >= 0.6 is 0 Å². The van der Waals surface area contributed by atoms with Crippen LogP contribution in [0, 0.1) is 13.8 Å². The Morgan fingerprint density at radius 2 is 1.89 bits per heavy atom. The summed E-state index contributed by atoms with van der Waals surface area (Å²) in [6.07, 6.45) is 1.06. The standard InChI is InChI=1S/C15H21N3/c1-4-13-5-7-14(8-6-13)15(16)10-18-12(3)9-11(2)17-18/h5-9,15H,4,10,16H2,1-3H3. The summed E-state index contributed by atoms with van der Waals surface area (Å²) in [4.78, 5) is 0. The predicted octanol–water partition coefficient (Wildman–Crippen LogP) is 2.76. The van der Waals surface area contributed by atoms with Crippen LogP contribution in [0.2, 0.25) is 0 Å². The minimum atomic E-state index is -0.00564. The summed E-state index contributed by atoms with van der Waals surface area (Å²) in [6, 6.07) is 10.6. The summed E-state index contributed by atoms with van der Waals surface area (Å²) in [5.41, 5.74) is 10.9. The minimum Gasteiger partial charge on any atom is -0.322 e. The van der Waals surface area contributed by atoms with Crippen LogP contribution in [0.3, 0.4) is 0 Å². The van der Waals surface area contributed by atoms with Gasteiger partial charge in [-0.2, -0.15) is 5.10 Å². The zero-order valence-electron chi connectivity index (χ0n) is 11.4. The number of nitrogens with zero attached hydrogens (tertiary/aromatic N) is 2. The van der Waals surface area contributed by atoms with Crippen molar-refractivity contribution in [2.24, 2.45) is 5.73 Å². The molecule has 0 aliphatic rings. The molecule has 2 aromatic rings. The summed E-state index contributed by atoms with van der Waals surface area (Å²) in [6.45, 7) is 6.95. The molecule has 1 heterocycles. The van der Waals surface area contributed by atoms with Crippen LogP contribution in [0.4, 0.5) is 0 Å². The number of hydrogen-bond acceptors (Lipinski definition) is 2. The maximum Gasteiger partial charge on any atom is 0.0605 e. The van der Waals surface area contributed by atoms with Crippen LogP contribution in [0.25, 0.3) is 0 Å². The first-order valence-corrected chi connectivity index (χ1v) is 6.45. The van der Waals surface area contributed by atoms with E-state index >= 15 is 0 Å². The second kappa shape index (κ2) is 5.36. The van der Waals surface area contributed by atoms with E-state index in [0.717, 1.165) is 24.4 Å².